The highest BCUT2D eigenvalue weighted by Gasteiger charge is 2.12. The van der Waals surface area contributed by atoms with Crippen molar-refractivity contribution >= 4 is 39.6 Å². The monoisotopic (exact) mass is 395 g/mol. The van der Waals surface area contributed by atoms with E-state index in [9.17, 15) is 9.59 Å². The van der Waals surface area contributed by atoms with E-state index in [1.807, 2.05) is 79.7 Å². The summed E-state index contributed by atoms with van der Waals surface area (Å²) in [6.45, 7) is 2.27. The molecule has 4 aromatic carbocycles. The lowest BCUT2D eigenvalue weighted by atomic mass is 9.97. The van der Waals surface area contributed by atoms with E-state index in [4.69, 9.17) is 0 Å². The number of hydrogen-bond acceptors (Lipinski definition) is 3. The van der Waals surface area contributed by atoms with Gasteiger partial charge in [0.2, 0.25) is 0 Å². The molecule has 2 amide bonds. The number of nitrogens with one attached hydrogen (secondary N) is 2. The normalized spacial score (nSPS) is 11.1. The molecule has 0 spiro atoms. The molecule has 4 rings (SSSR count). The maximum Gasteiger partial charge on any atom is 0.329 e. The summed E-state index contributed by atoms with van der Waals surface area (Å²) in [6, 6.07) is 25.9. The Morgan fingerprint density at radius 1 is 0.833 bits per heavy atom. The van der Waals surface area contributed by atoms with Crippen LogP contribution < -0.4 is 10.7 Å². The first-order valence-corrected chi connectivity index (χ1v) is 9.69. The van der Waals surface area contributed by atoms with Gasteiger partial charge in [-0.15, -0.1) is 0 Å². The number of hydrazone groups is 1. The van der Waals surface area contributed by atoms with Gasteiger partial charge in [-0.05, 0) is 40.1 Å². The van der Waals surface area contributed by atoms with Gasteiger partial charge in [0.05, 0.1) is 6.21 Å². The average molecular weight is 395 g/mol. The Morgan fingerprint density at radius 3 is 2.07 bits per heavy atom. The van der Waals surface area contributed by atoms with E-state index in [2.05, 4.69) is 21.9 Å². The number of fused-ring (bicyclic) bond motifs is 2. The molecular formula is C25H21N3O2. The molecule has 0 unspecified atom stereocenters. The van der Waals surface area contributed by atoms with Gasteiger partial charge in [-0.1, -0.05) is 78.4 Å². The molecule has 0 aliphatic carbocycles. The van der Waals surface area contributed by atoms with Gasteiger partial charge in [0, 0.05) is 12.1 Å². The molecule has 2 N–H and O–H groups in total. The van der Waals surface area contributed by atoms with Crippen molar-refractivity contribution in [3.8, 4) is 0 Å². The van der Waals surface area contributed by atoms with E-state index in [1.165, 1.54) is 0 Å². The molecule has 0 fully saturated rings. The SMILES string of the molecule is Cc1ccc(CNC(=O)C(=O)N/N=C/c2c3ccccc3cc3ccccc23)cc1. The van der Waals surface area contributed by atoms with Gasteiger partial charge in [0.1, 0.15) is 0 Å². The van der Waals surface area contributed by atoms with Crippen LogP contribution >= 0.6 is 0 Å². The number of nitrogens with zero attached hydrogens (tertiary/aromatic N) is 1. The third kappa shape index (κ3) is 4.20. The summed E-state index contributed by atoms with van der Waals surface area (Å²) < 4.78 is 0. The zero-order valence-electron chi connectivity index (χ0n) is 16.6. The molecule has 0 bridgehead atoms. The van der Waals surface area contributed by atoms with E-state index in [0.29, 0.717) is 0 Å². The van der Waals surface area contributed by atoms with Crippen LogP contribution in [0.3, 0.4) is 0 Å². The van der Waals surface area contributed by atoms with E-state index in [-0.39, 0.29) is 6.54 Å². The number of benzene rings is 4. The lowest BCUT2D eigenvalue weighted by Crippen LogP contribution is -2.37. The molecule has 0 saturated carbocycles. The second-order valence-corrected chi connectivity index (χ2v) is 7.10. The number of amides is 2. The summed E-state index contributed by atoms with van der Waals surface area (Å²) in [7, 11) is 0. The quantitative estimate of drug-likeness (QED) is 0.237. The molecule has 0 aromatic heterocycles. The maximum atomic E-state index is 12.1. The summed E-state index contributed by atoms with van der Waals surface area (Å²) in [4.78, 5) is 24.2. The third-order valence-corrected chi connectivity index (χ3v) is 4.95. The van der Waals surface area contributed by atoms with Crippen LogP contribution in [-0.4, -0.2) is 18.0 Å². The van der Waals surface area contributed by atoms with Crippen molar-refractivity contribution in [3.63, 3.8) is 0 Å². The number of hydrogen-bond donors (Lipinski definition) is 2. The lowest BCUT2D eigenvalue weighted by Gasteiger charge is -2.08. The van der Waals surface area contributed by atoms with Gasteiger partial charge in [0.25, 0.3) is 0 Å². The first-order chi connectivity index (χ1) is 14.6. The summed E-state index contributed by atoms with van der Waals surface area (Å²) in [5.41, 5.74) is 5.28. The maximum absolute atomic E-state index is 12.1. The van der Waals surface area contributed by atoms with Crippen LogP contribution in [-0.2, 0) is 16.1 Å². The third-order valence-electron chi connectivity index (χ3n) is 4.95. The van der Waals surface area contributed by atoms with E-state index in [0.717, 1.165) is 38.2 Å². The number of aryl methyl sites for hydroxylation is 1. The topological polar surface area (TPSA) is 70.6 Å². The Bertz CT molecular complexity index is 1210. The van der Waals surface area contributed by atoms with E-state index >= 15 is 0 Å². The molecule has 5 nitrogen and oxygen atoms in total. The van der Waals surface area contributed by atoms with Gasteiger partial charge in [0.15, 0.2) is 0 Å². The average Bonchev–Trinajstić information content (AvgIpc) is 2.78. The fourth-order valence-corrected chi connectivity index (χ4v) is 3.36. The van der Waals surface area contributed by atoms with Gasteiger partial charge in [-0.2, -0.15) is 5.10 Å². The van der Waals surface area contributed by atoms with Crippen molar-refractivity contribution in [2.75, 3.05) is 0 Å². The molecular weight excluding hydrogens is 374 g/mol. The van der Waals surface area contributed by atoms with Crippen molar-refractivity contribution in [3.05, 3.63) is 95.6 Å². The fourth-order valence-electron chi connectivity index (χ4n) is 3.36. The number of rotatable bonds is 4. The first kappa shape index (κ1) is 19.3. The van der Waals surface area contributed by atoms with Crippen molar-refractivity contribution in [1.82, 2.24) is 10.7 Å². The molecule has 148 valence electrons. The Labute approximate surface area is 174 Å². The largest absolute Gasteiger partial charge is 0.344 e. The second kappa shape index (κ2) is 8.57. The Kier molecular flexibility index (Phi) is 5.52. The zero-order chi connectivity index (χ0) is 20.9. The van der Waals surface area contributed by atoms with Crippen LogP contribution in [0.4, 0.5) is 0 Å². The number of carbonyl (C=O) groups excluding carboxylic acids is 2. The first-order valence-electron chi connectivity index (χ1n) is 9.69. The van der Waals surface area contributed by atoms with Gasteiger partial charge in [-0.25, -0.2) is 5.43 Å². The highest BCUT2D eigenvalue weighted by molar-refractivity contribution is 6.35. The van der Waals surface area contributed by atoms with Crippen molar-refractivity contribution in [2.24, 2.45) is 5.10 Å². The van der Waals surface area contributed by atoms with Crippen LogP contribution in [0.1, 0.15) is 16.7 Å². The summed E-state index contributed by atoms with van der Waals surface area (Å²) >= 11 is 0. The van der Waals surface area contributed by atoms with Crippen molar-refractivity contribution in [1.29, 1.82) is 0 Å². The van der Waals surface area contributed by atoms with Crippen LogP contribution in [0.2, 0.25) is 0 Å². The minimum atomic E-state index is -0.803. The number of carbonyl (C=O) groups is 2. The second-order valence-electron chi connectivity index (χ2n) is 7.10. The Balaban J connectivity index is 1.48. The predicted octanol–water partition coefficient (Wildman–Crippen LogP) is 4.07. The molecule has 0 radical (unpaired) electrons. The van der Waals surface area contributed by atoms with Crippen molar-refractivity contribution in [2.45, 2.75) is 13.5 Å². The molecule has 4 aromatic rings. The highest BCUT2D eigenvalue weighted by Crippen LogP contribution is 2.27. The molecule has 30 heavy (non-hydrogen) atoms. The molecule has 0 atom stereocenters. The van der Waals surface area contributed by atoms with Crippen LogP contribution in [0.15, 0.2) is 84.0 Å². The van der Waals surface area contributed by atoms with E-state index < -0.39 is 11.8 Å². The molecule has 0 aliphatic rings. The minimum Gasteiger partial charge on any atom is -0.344 e. The fraction of sp³-hybridized carbons (Fsp3) is 0.0800. The van der Waals surface area contributed by atoms with Crippen molar-refractivity contribution < 1.29 is 9.59 Å². The van der Waals surface area contributed by atoms with Gasteiger partial charge in [-0.3, -0.25) is 9.59 Å². The van der Waals surface area contributed by atoms with Crippen LogP contribution in [0.5, 0.6) is 0 Å². The van der Waals surface area contributed by atoms with Crippen LogP contribution in [0, 0.1) is 6.92 Å². The van der Waals surface area contributed by atoms with E-state index in [1.54, 1.807) is 6.21 Å². The summed E-state index contributed by atoms with van der Waals surface area (Å²) in [6.07, 6.45) is 1.59. The van der Waals surface area contributed by atoms with Crippen LogP contribution in [0.25, 0.3) is 21.5 Å². The van der Waals surface area contributed by atoms with Gasteiger partial charge < -0.3 is 5.32 Å². The smallest absolute Gasteiger partial charge is 0.329 e. The standard InChI is InChI=1S/C25H21N3O2/c1-17-10-12-18(13-11-17)15-26-24(29)25(30)28-27-16-23-21-8-4-2-6-19(21)14-20-7-3-5-9-22(20)23/h2-14,16H,15H2,1H3,(H,26,29)(H,28,30)/b27-16+. The minimum absolute atomic E-state index is 0.282. The molecule has 0 aliphatic heterocycles. The summed E-state index contributed by atoms with van der Waals surface area (Å²) in [5, 5.41) is 10.9. The molecule has 5 heteroatoms. The lowest BCUT2D eigenvalue weighted by molar-refractivity contribution is -0.139. The Hall–Kier alpha value is -3.99. The highest BCUT2D eigenvalue weighted by atomic mass is 16.2. The zero-order valence-corrected chi connectivity index (χ0v) is 16.6. The molecule has 0 heterocycles. The summed E-state index contributed by atoms with van der Waals surface area (Å²) in [5.74, 6) is -1.53. The molecule has 0 saturated heterocycles. The van der Waals surface area contributed by atoms with Gasteiger partial charge >= 0.3 is 11.8 Å². The Morgan fingerprint density at radius 2 is 1.43 bits per heavy atom. The predicted molar refractivity (Wildman–Crippen MR) is 120 cm³/mol.